The number of nitrogens with one attached hydrogen (secondary N) is 4. The molecule has 2 aliphatic rings. The molecular formula is C30H33N5O5. The Labute approximate surface area is 231 Å². The van der Waals surface area contributed by atoms with Crippen molar-refractivity contribution >= 4 is 40.3 Å². The van der Waals surface area contributed by atoms with Gasteiger partial charge in [-0.3, -0.25) is 24.0 Å². The molecule has 10 nitrogen and oxygen atoms in total. The summed E-state index contributed by atoms with van der Waals surface area (Å²) in [6.07, 6.45) is 2.39. The molecule has 3 unspecified atom stereocenters. The number of rotatable bonds is 9. The number of fused-ring (bicyclic) bond motifs is 1. The number of piperidine rings is 1. The quantitative estimate of drug-likeness (QED) is 0.306. The van der Waals surface area contributed by atoms with Crippen LogP contribution in [0.25, 0.3) is 10.9 Å². The maximum absolute atomic E-state index is 13.5. The normalized spacial score (nSPS) is 19.6. The van der Waals surface area contributed by atoms with Gasteiger partial charge in [-0.15, -0.1) is 0 Å². The van der Waals surface area contributed by atoms with E-state index in [0.29, 0.717) is 38.0 Å². The van der Waals surface area contributed by atoms with Crippen LogP contribution in [0.5, 0.6) is 0 Å². The summed E-state index contributed by atoms with van der Waals surface area (Å²) in [4.78, 5) is 70.1. The third-order valence-corrected chi connectivity index (χ3v) is 7.65. The highest BCUT2D eigenvalue weighted by Crippen LogP contribution is 2.24. The summed E-state index contributed by atoms with van der Waals surface area (Å²) in [7, 11) is 0. The molecule has 2 fully saturated rings. The number of benzene rings is 2. The van der Waals surface area contributed by atoms with Crippen LogP contribution in [0.1, 0.15) is 48.2 Å². The summed E-state index contributed by atoms with van der Waals surface area (Å²) < 4.78 is 0. The van der Waals surface area contributed by atoms with Crippen molar-refractivity contribution in [3.05, 3.63) is 71.9 Å². The highest BCUT2D eigenvalue weighted by molar-refractivity contribution is 6.38. The second-order valence-electron chi connectivity index (χ2n) is 10.4. The van der Waals surface area contributed by atoms with E-state index >= 15 is 0 Å². The Morgan fingerprint density at radius 3 is 2.52 bits per heavy atom. The number of hydrogen-bond acceptors (Lipinski definition) is 5. The SMILES string of the molecule is O=C(NCc1ccccc1)C(=O)C(CC1CCCNC1=O)NC(=O)C1CCCN1C(=O)c1cc2ccccc2[nH]1. The largest absolute Gasteiger partial charge is 0.356 e. The zero-order valence-electron chi connectivity index (χ0n) is 22.2. The number of ketones is 1. The zero-order valence-corrected chi connectivity index (χ0v) is 22.2. The lowest BCUT2D eigenvalue weighted by Gasteiger charge is -2.28. The van der Waals surface area contributed by atoms with E-state index in [1.807, 2.05) is 54.6 Å². The standard InChI is InChI=1S/C30H33N5O5/c36-26(29(39)32-18-19-8-2-1-3-9-19)23(17-21-11-6-14-31-27(21)37)34-28(38)25-13-7-15-35(25)30(40)24-16-20-10-4-5-12-22(20)33-24/h1-5,8-10,12,16,21,23,25,33H,6-7,11,13-15,17-18H2,(H,31,37)(H,32,39)(H,34,38). The first-order valence-electron chi connectivity index (χ1n) is 13.7. The van der Waals surface area contributed by atoms with Crippen molar-refractivity contribution < 1.29 is 24.0 Å². The fraction of sp³-hybridized carbons (Fsp3) is 0.367. The van der Waals surface area contributed by atoms with Crippen LogP contribution in [0.4, 0.5) is 0 Å². The Kier molecular flexibility index (Phi) is 8.23. The second kappa shape index (κ2) is 12.1. The first-order valence-corrected chi connectivity index (χ1v) is 13.7. The number of aromatic amines is 1. The number of amides is 4. The predicted octanol–water partition coefficient (Wildman–Crippen LogP) is 2.06. The molecule has 0 aliphatic carbocycles. The van der Waals surface area contributed by atoms with E-state index in [9.17, 15) is 24.0 Å². The molecule has 4 amide bonds. The third-order valence-electron chi connectivity index (χ3n) is 7.65. The highest BCUT2D eigenvalue weighted by atomic mass is 16.2. The van der Waals surface area contributed by atoms with Gasteiger partial charge in [-0.25, -0.2) is 0 Å². The van der Waals surface area contributed by atoms with Crippen molar-refractivity contribution in [2.24, 2.45) is 5.92 Å². The molecule has 3 atom stereocenters. The molecule has 2 aromatic carbocycles. The molecule has 0 radical (unpaired) electrons. The van der Waals surface area contributed by atoms with E-state index in [1.165, 1.54) is 4.90 Å². The molecule has 3 aromatic rings. The number of hydrogen-bond donors (Lipinski definition) is 4. The topological polar surface area (TPSA) is 140 Å². The van der Waals surface area contributed by atoms with Crippen LogP contribution in [0.2, 0.25) is 0 Å². The van der Waals surface area contributed by atoms with Crippen molar-refractivity contribution in [1.29, 1.82) is 0 Å². The molecule has 3 heterocycles. The predicted molar refractivity (Wildman–Crippen MR) is 148 cm³/mol. The lowest BCUT2D eigenvalue weighted by Crippen LogP contribution is -2.54. The Morgan fingerprint density at radius 2 is 1.75 bits per heavy atom. The monoisotopic (exact) mass is 543 g/mol. The number of carbonyl (C=O) groups excluding carboxylic acids is 5. The van der Waals surface area contributed by atoms with Gasteiger partial charge in [0, 0.05) is 36.5 Å². The molecule has 0 saturated carbocycles. The van der Waals surface area contributed by atoms with Crippen LogP contribution in [-0.2, 0) is 25.7 Å². The molecule has 40 heavy (non-hydrogen) atoms. The molecule has 2 aliphatic heterocycles. The van der Waals surface area contributed by atoms with Gasteiger partial charge >= 0.3 is 0 Å². The van der Waals surface area contributed by atoms with Gasteiger partial charge in [0.2, 0.25) is 17.6 Å². The van der Waals surface area contributed by atoms with Gasteiger partial charge in [-0.2, -0.15) is 0 Å². The lowest BCUT2D eigenvalue weighted by molar-refractivity contribution is -0.141. The summed E-state index contributed by atoms with van der Waals surface area (Å²) in [6.45, 7) is 1.11. The van der Waals surface area contributed by atoms with E-state index in [4.69, 9.17) is 0 Å². The second-order valence-corrected chi connectivity index (χ2v) is 10.4. The number of likely N-dealkylation sites (tertiary alicyclic amines) is 1. The number of aromatic nitrogens is 1. The van der Waals surface area contributed by atoms with Crippen molar-refractivity contribution in [3.8, 4) is 0 Å². The van der Waals surface area contributed by atoms with E-state index in [2.05, 4.69) is 20.9 Å². The van der Waals surface area contributed by atoms with E-state index in [-0.39, 0.29) is 24.8 Å². The molecule has 0 spiro atoms. The Hall–Kier alpha value is -4.47. The Balaban J connectivity index is 1.30. The van der Waals surface area contributed by atoms with E-state index < -0.39 is 35.6 Å². The van der Waals surface area contributed by atoms with Gasteiger partial charge in [0.05, 0.1) is 6.04 Å². The van der Waals surface area contributed by atoms with Crippen molar-refractivity contribution in [2.45, 2.75) is 50.7 Å². The maximum atomic E-state index is 13.5. The first-order chi connectivity index (χ1) is 19.4. The summed E-state index contributed by atoms with van der Waals surface area (Å²) in [5.74, 6) is -3.15. The van der Waals surface area contributed by atoms with Crippen LogP contribution >= 0.6 is 0 Å². The van der Waals surface area contributed by atoms with Crippen molar-refractivity contribution in [1.82, 2.24) is 25.8 Å². The van der Waals surface area contributed by atoms with Gasteiger partial charge in [-0.1, -0.05) is 48.5 Å². The van der Waals surface area contributed by atoms with E-state index in [1.54, 1.807) is 6.07 Å². The zero-order chi connectivity index (χ0) is 28.1. The number of nitrogens with zero attached hydrogens (tertiary/aromatic N) is 1. The summed E-state index contributed by atoms with van der Waals surface area (Å²) in [5, 5.41) is 9.04. The molecule has 2 saturated heterocycles. The average molecular weight is 544 g/mol. The summed E-state index contributed by atoms with van der Waals surface area (Å²) in [6, 6.07) is 16.5. The number of para-hydroxylation sites is 1. The fourth-order valence-electron chi connectivity index (χ4n) is 5.49. The Morgan fingerprint density at radius 1 is 0.975 bits per heavy atom. The lowest BCUT2D eigenvalue weighted by atomic mass is 9.89. The molecular weight excluding hydrogens is 510 g/mol. The van der Waals surface area contributed by atoms with Crippen molar-refractivity contribution in [2.75, 3.05) is 13.1 Å². The van der Waals surface area contributed by atoms with Crippen LogP contribution in [-0.4, -0.2) is 64.5 Å². The minimum absolute atomic E-state index is 0.0118. The van der Waals surface area contributed by atoms with E-state index in [0.717, 1.165) is 22.9 Å². The van der Waals surface area contributed by atoms with Gasteiger partial charge < -0.3 is 25.8 Å². The van der Waals surface area contributed by atoms with Crippen LogP contribution < -0.4 is 16.0 Å². The number of carbonyl (C=O) groups is 5. The van der Waals surface area contributed by atoms with Gasteiger partial charge in [-0.05, 0) is 49.8 Å². The smallest absolute Gasteiger partial charge is 0.289 e. The minimum atomic E-state index is -1.19. The molecule has 5 rings (SSSR count). The van der Waals surface area contributed by atoms with Gasteiger partial charge in [0.1, 0.15) is 11.7 Å². The average Bonchev–Trinajstić information content (AvgIpc) is 3.64. The first kappa shape index (κ1) is 27.1. The maximum Gasteiger partial charge on any atom is 0.289 e. The van der Waals surface area contributed by atoms with Gasteiger partial charge in [0.25, 0.3) is 11.8 Å². The molecule has 4 N–H and O–H groups in total. The highest BCUT2D eigenvalue weighted by Gasteiger charge is 2.39. The minimum Gasteiger partial charge on any atom is -0.356 e. The number of Topliss-reactive ketones (excluding diaryl/α,β-unsaturated/α-hetero) is 1. The molecule has 208 valence electrons. The Bertz CT molecular complexity index is 1390. The summed E-state index contributed by atoms with van der Waals surface area (Å²) >= 11 is 0. The van der Waals surface area contributed by atoms with Crippen LogP contribution in [0.15, 0.2) is 60.7 Å². The van der Waals surface area contributed by atoms with Crippen LogP contribution in [0.3, 0.4) is 0 Å². The van der Waals surface area contributed by atoms with Crippen molar-refractivity contribution in [3.63, 3.8) is 0 Å². The third kappa shape index (κ3) is 6.06. The molecule has 0 bridgehead atoms. The van der Waals surface area contributed by atoms with Gasteiger partial charge in [0.15, 0.2) is 0 Å². The fourth-order valence-corrected chi connectivity index (χ4v) is 5.49. The molecule has 10 heteroatoms. The summed E-state index contributed by atoms with van der Waals surface area (Å²) in [5.41, 5.74) is 2.03. The molecule has 1 aromatic heterocycles. The van der Waals surface area contributed by atoms with Crippen LogP contribution in [0, 0.1) is 5.92 Å². The number of H-pyrrole nitrogens is 1.